The van der Waals surface area contributed by atoms with Gasteiger partial charge in [0.05, 0.1) is 5.56 Å². The minimum atomic E-state index is -0.917. The minimum Gasteiger partial charge on any atom is -0.478 e. The van der Waals surface area contributed by atoms with Gasteiger partial charge in [0.2, 0.25) is 0 Å². The Kier molecular flexibility index (Phi) is 5.54. The molecule has 0 fully saturated rings. The molecular formula is C25H20O2. The van der Waals surface area contributed by atoms with E-state index in [1.807, 2.05) is 24.3 Å². The Hall–Kier alpha value is -3.57. The molecule has 0 radical (unpaired) electrons. The third kappa shape index (κ3) is 4.54. The normalized spacial score (nSPS) is 10.4. The lowest BCUT2D eigenvalue weighted by molar-refractivity contribution is 0.0696. The van der Waals surface area contributed by atoms with Gasteiger partial charge in [-0.25, -0.2) is 4.79 Å². The van der Waals surface area contributed by atoms with E-state index in [-0.39, 0.29) is 0 Å². The van der Waals surface area contributed by atoms with Gasteiger partial charge in [-0.2, -0.15) is 0 Å². The second kappa shape index (κ2) is 8.21. The third-order valence-electron chi connectivity index (χ3n) is 4.34. The Labute approximate surface area is 159 Å². The van der Waals surface area contributed by atoms with Crippen molar-refractivity contribution in [3.63, 3.8) is 0 Å². The molecule has 1 N–H and O–H groups in total. The number of benzene rings is 3. The quantitative estimate of drug-likeness (QED) is 0.611. The van der Waals surface area contributed by atoms with Gasteiger partial charge in [0.25, 0.3) is 0 Å². The van der Waals surface area contributed by atoms with E-state index in [1.54, 1.807) is 25.1 Å². The summed E-state index contributed by atoms with van der Waals surface area (Å²) >= 11 is 0. The standard InChI is InChI=1S/C25H20O2/c1-18-11-14-22(15-12-18)24-10-6-5-9-21(24)8-4-3-7-20-13-16-23(25(26)27)19(2)17-20/h4-6,8-17H,1-2H3,(H,26,27)/b8-4+. The highest BCUT2D eigenvalue weighted by atomic mass is 16.4. The first kappa shape index (κ1) is 18.2. The molecule has 0 aliphatic heterocycles. The van der Waals surface area contributed by atoms with E-state index < -0.39 is 5.97 Å². The zero-order valence-corrected chi connectivity index (χ0v) is 15.4. The van der Waals surface area contributed by atoms with Gasteiger partial charge in [-0.05, 0) is 66.5 Å². The number of aromatic carboxylic acids is 1. The fourth-order valence-corrected chi connectivity index (χ4v) is 2.88. The first-order chi connectivity index (χ1) is 13.0. The maximum absolute atomic E-state index is 11.1. The molecule has 0 saturated heterocycles. The van der Waals surface area contributed by atoms with E-state index in [0.717, 1.165) is 16.7 Å². The van der Waals surface area contributed by atoms with Crippen LogP contribution in [0.15, 0.2) is 72.8 Å². The summed E-state index contributed by atoms with van der Waals surface area (Å²) in [6.45, 7) is 3.86. The second-order valence-electron chi connectivity index (χ2n) is 6.39. The van der Waals surface area contributed by atoms with E-state index in [0.29, 0.717) is 11.1 Å². The van der Waals surface area contributed by atoms with Gasteiger partial charge in [-0.3, -0.25) is 0 Å². The molecule has 27 heavy (non-hydrogen) atoms. The molecule has 0 amide bonds. The molecule has 0 aliphatic rings. The van der Waals surface area contributed by atoms with E-state index in [2.05, 4.69) is 55.2 Å². The number of rotatable bonds is 3. The first-order valence-electron chi connectivity index (χ1n) is 8.73. The van der Waals surface area contributed by atoms with E-state index in [9.17, 15) is 4.79 Å². The molecule has 0 unspecified atom stereocenters. The SMILES string of the molecule is Cc1ccc(-c2ccccc2/C=C/C#Cc2ccc(C(=O)O)c(C)c2)cc1. The van der Waals surface area contributed by atoms with Crippen LogP contribution in [0.4, 0.5) is 0 Å². The Bertz CT molecular complexity index is 1060. The van der Waals surface area contributed by atoms with Crippen LogP contribution in [0.25, 0.3) is 17.2 Å². The van der Waals surface area contributed by atoms with Gasteiger partial charge < -0.3 is 5.11 Å². The summed E-state index contributed by atoms with van der Waals surface area (Å²) in [6.07, 6.45) is 3.83. The molecule has 0 heterocycles. The van der Waals surface area contributed by atoms with Crippen LogP contribution >= 0.6 is 0 Å². The molecular weight excluding hydrogens is 332 g/mol. The molecule has 0 aliphatic carbocycles. The zero-order chi connectivity index (χ0) is 19.2. The second-order valence-corrected chi connectivity index (χ2v) is 6.39. The van der Waals surface area contributed by atoms with Crippen molar-refractivity contribution < 1.29 is 9.90 Å². The molecule has 3 rings (SSSR count). The van der Waals surface area contributed by atoms with Gasteiger partial charge in [-0.15, -0.1) is 0 Å². The van der Waals surface area contributed by atoms with Crippen LogP contribution in [-0.2, 0) is 0 Å². The molecule has 0 bridgehead atoms. The molecule has 0 saturated carbocycles. The number of aryl methyl sites for hydroxylation is 2. The van der Waals surface area contributed by atoms with Crippen LogP contribution in [0, 0.1) is 25.7 Å². The Balaban J connectivity index is 1.82. The van der Waals surface area contributed by atoms with Gasteiger partial charge >= 0.3 is 5.97 Å². The molecule has 132 valence electrons. The smallest absolute Gasteiger partial charge is 0.335 e. The average molecular weight is 352 g/mol. The first-order valence-corrected chi connectivity index (χ1v) is 8.73. The minimum absolute atomic E-state index is 0.308. The van der Waals surface area contributed by atoms with Crippen molar-refractivity contribution >= 4 is 12.0 Å². The lowest BCUT2D eigenvalue weighted by Gasteiger charge is -2.06. The number of carbonyl (C=O) groups is 1. The fraction of sp³-hybridized carbons (Fsp3) is 0.0800. The third-order valence-corrected chi connectivity index (χ3v) is 4.34. The molecule has 0 aromatic heterocycles. The van der Waals surface area contributed by atoms with E-state index in [4.69, 9.17) is 5.11 Å². The number of hydrogen-bond donors (Lipinski definition) is 1. The van der Waals surface area contributed by atoms with Crippen molar-refractivity contribution in [1.29, 1.82) is 0 Å². The number of carboxylic acids is 1. The van der Waals surface area contributed by atoms with Crippen molar-refractivity contribution in [3.8, 4) is 23.0 Å². The average Bonchev–Trinajstić information content (AvgIpc) is 2.66. The summed E-state index contributed by atoms with van der Waals surface area (Å²) in [6, 6.07) is 21.8. The summed E-state index contributed by atoms with van der Waals surface area (Å²) in [7, 11) is 0. The number of hydrogen-bond acceptors (Lipinski definition) is 1. The monoisotopic (exact) mass is 352 g/mol. The highest BCUT2D eigenvalue weighted by molar-refractivity contribution is 5.89. The summed E-state index contributed by atoms with van der Waals surface area (Å²) in [4.78, 5) is 11.1. The predicted molar refractivity (Wildman–Crippen MR) is 111 cm³/mol. The van der Waals surface area contributed by atoms with Crippen LogP contribution in [0.2, 0.25) is 0 Å². The number of allylic oxidation sites excluding steroid dienone is 1. The van der Waals surface area contributed by atoms with Gasteiger partial charge in [0.1, 0.15) is 0 Å². The van der Waals surface area contributed by atoms with Crippen LogP contribution in [0.5, 0.6) is 0 Å². The number of carboxylic acid groups (broad SMARTS) is 1. The van der Waals surface area contributed by atoms with Crippen molar-refractivity contribution in [2.45, 2.75) is 13.8 Å². The Morgan fingerprint density at radius 3 is 2.41 bits per heavy atom. The summed E-state index contributed by atoms with van der Waals surface area (Å²) in [5.41, 5.74) is 6.50. The van der Waals surface area contributed by atoms with Crippen LogP contribution in [-0.4, -0.2) is 11.1 Å². The van der Waals surface area contributed by atoms with Crippen LogP contribution < -0.4 is 0 Å². The van der Waals surface area contributed by atoms with Crippen molar-refractivity contribution in [2.75, 3.05) is 0 Å². The highest BCUT2D eigenvalue weighted by Crippen LogP contribution is 2.25. The van der Waals surface area contributed by atoms with Crippen LogP contribution in [0.3, 0.4) is 0 Å². The predicted octanol–water partition coefficient (Wildman–Crippen LogP) is 5.73. The topological polar surface area (TPSA) is 37.3 Å². The zero-order valence-electron chi connectivity index (χ0n) is 15.4. The van der Waals surface area contributed by atoms with Gasteiger partial charge in [0, 0.05) is 5.56 Å². The largest absolute Gasteiger partial charge is 0.478 e. The maximum Gasteiger partial charge on any atom is 0.335 e. The lowest BCUT2D eigenvalue weighted by Crippen LogP contribution is -1.99. The summed E-state index contributed by atoms with van der Waals surface area (Å²) in [5.74, 6) is 5.18. The van der Waals surface area contributed by atoms with Crippen molar-refractivity contribution in [3.05, 3.63) is 101 Å². The molecule has 2 heteroatoms. The fourth-order valence-electron chi connectivity index (χ4n) is 2.88. The molecule has 3 aromatic carbocycles. The highest BCUT2D eigenvalue weighted by Gasteiger charge is 2.06. The van der Waals surface area contributed by atoms with Crippen molar-refractivity contribution in [2.24, 2.45) is 0 Å². The molecule has 0 atom stereocenters. The van der Waals surface area contributed by atoms with Gasteiger partial charge in [-0.1, -0.05) is 65.9 Å². The van der Waals surface area contributed by atoms with Crippen molar-refractivity contribution in [1.82, 2.24) is 0 Å². The maximum atomic E-state index is 11.1. The van der Waals surface area contributed by atoms with Gasteiger partial charge in [0.15, 0.2) is 0 Å². The summed E-state index contributed by atoms with van der Waals surface area (Å²) < 4.78 is 0. The molecule has 3 aromatic rings. The Morgan fingerprint density at radius 2 is 1.70 bits per heavy atom. The van der Waals surface area contributed by atoms with E-state index in [1.165, 1.54) is 11.1 Å². The molecule has 2 nitrogen and oxygen atoms in total. The lowest BCUT2D eigenvalue weighted by atomic mass is 9.98. The Morgan fingerprint density at radius 1 is 0.963 bits per heavy atom. The summed E-state index contributed by atoms with van der Waals surface area (Å²) in [5, 5.41) is 9.08. The van der Waals surface area contributed by atoms with E-state index >= 15 is 0 Å². The molecule has 0 spiro atoms. The van der Waals surface area contributed by atoms with Crippen LogP contribution in [0.1, 0.15) is 32.6 Å².